The Kier molecular flexibility index (Phi) is 9.85. The van der Waals surface area contributed by atoms with Gasteiger partial charge in [-0.25, -0.2) is 8.42 Å². The first kappa shape index (κ1) is 34.7. The lowest BCUT2D eigenvalue weighted by molar-refractivity contribution is -0.257. The average Bonchev–Trinajstić information content (AvgIpc) is 4.10. The molecule has 1 N–H and O–H groups in total. The number of sulfonamides is 1. The molecule has 17 heteroatoms. The molecule has 312 valence electrons. The van der Waals surface area contributed by atoms with Gasteiger partial charge in [0.1, 0.15) is 6.10 Å². The van der Waals surface area contributed by atoms with Crippen LogP contribution in [0.4, 0.5) is 13.2 Å². The highest BCUT2D eigenvalue weighted by molar-refractivity contribution is 7.90. The van der Waals surface area contributed by atoms with Crippen LogP contribution in [0.1, 0.15) is 100 Å². The molecule has 6 rings (SSSR count). The minimum absolute atomic E-state index is 0.00959. The summed E-state index contributed by atoms with van der Waals surface area (Å²) in [7, 11) is -4.02. The number of fused-ring (bicyclic) bond motifs is 3. The van der Waals surface area contributed by atoms with Crippen LogP contribution in [0.2, 0.25) is 0 Å². The van der Waals surface area contributed by atoms with E-state index in [0.29, 0.717) is 36.5 Å². The topological polar surface area (TPSA) is 171 Å². The van der Waals surface area contributed by atoms with E-state index in [2.05, 4.69) is 19.7 Å². The van der Waals surface area contributed by atoms with E-state index in [4.69, 9.17) is 17.7 Å². The number of benzene rings is 1. The first-order valence-electron chi connectivity index (χ1n) is 22.2. The van der Waals surface area contributed by atoms with Crippen LogP contribution in [0, 0.1) is 29.1 Å². The van der Waals surface area contributed by atoms with E-state index in [9.17, 15) is 40.8 Å². The Morgan fingerprint density at radius 3 is 2.39 bits per heavy atom. The van der Waals surface area contributed by atoms with E-state index in [1.165, 1.54) is 0 Å². The molecule has 57 heavy (non-hydrogen) atoms. The second-order valence-electron chi connectivity index (χ2n) is 15.8. The fourth-order valence-electron chi connectivity index (χ4n) is 7.98. The van der Waals surface area contributed by atoms with Gasteiger partial charge >= 0.3 is 12.1 Å². The van der Waals surface area contributed by atoms with Crippen LogP contribution in [0.15, 0.2) is 36.4 Å². The number of aromatic nitrogens is 2. The zero-order chi connectivity index (χ0) is 46.5. The van der Waals surface area contributed by atoms with Crippen molar-refractivity contribution in [2.24, 2.45) is 29.1 Å². The molecule has 0 radical (unpaired) electrons. The van der Waals surface area contributed by atoms with Gasteiger partial charge in [-0.3, -0.25) is 23.9 Å². The number of hydrogen-bond donors (Lipinski definition) is 1. The summed E-state index contributed by atoms with van der Waals surface area (Å²) in [6, 6.07) is 5.48. The number of hydrogen-bond acceptors (Lipinski definition) is 11. The number of nitrogens with one attached hydrogen (secondary N) is 1. The maximum absolute atomic E-state index is 15.0. The predicted molar refractivity (Wildman–Crippen MR) is 201 cm³/mol. The van der Waals surface area contributed by atoms with Crippen LogP contribution < -0.4 is 14.2 Å². The lowest BCUT2D eigenvalue weighted by atomic mass is 9.82. The van der Waals surface area contributed by atoms with Gasteiger partial charge in [-0.15, -0.1) is 10.2 Å². The fourth-order valence-corrected chi connectivity index (χ4v) is 9.36. The number of esters is 1. The molecule has 2 saturated carbocycles. The summed E-state index contributed by atoms with van der Waals surface area (Å²) in [6.45, 7) is -3.75. The second-order valence-corrected chi connectivity index (χ2v) is 17.8. The van der Waals surface area contributed by atoms with E-state index in [0.717, 1.165) is 4.90 Å². The van der Waals surface area contributed by atoms with E-state index < -0.39 is 112 Å². The third kappa shape index (κ3) is 9.23. The third-order valence-corrected chi connectivity index (χ3v) is 13.2. The molecular weight excluding hydrogens is 770 g/mol. The van der Waals surface area contributed by atoms with Gasteiger partial charge < -0.3 is 19.1 Å². The molecule has 0 spiro atoms. The summed E-state index contributed by atoms with van der Waals surface area (Å²) in [5.41, 5.74) is -6.43. The molecule has 1 aromatic heterocycles. The summed E-state index contributed by atoms with van der Waals surface area (Å²) in [6.07, 6.45) is -3.38. The van der Waals surface area contributed by atoms with Crippen molar-refractivity contribution in [2.75, 3.05) is 13.2 Å². The van der Waals surface area contributed by atoms with E-state index in [-0.39, 0.29) is 50.1 Å². The first-order chi connectivity index (χ1) is 29.3. The standard InChI is InChI=1S/C40H51F3N4O9S/c1-6-54-34-28-13-9-10-14-29(28)35(45-44-34)55-26-18-31-32(48)21-39(37(51)46-57(52,53)27-15-16-27)20-25(39)12-8-7-11-23(2)17-24(3)30(36(50)47(31)22-26)19-33(49)56-38(4,5)40(41,42)43/h8-10,12-14,23-27,30-31H,6-7,11,15-22H2,1-5H3,(H,46,51)/b12-8-/t23-,24+,25+,26+,30-,31-,39+/m0/s1/i4D3,5D3. The Morgan fingerprint density at radius 2 is 1.74 bits per heavy atom. The van der Waals surface area contributed by atoms with Crippen molar-refractivity contribution in [1.29, 1.82) is 0 Å². The number of carbonyl (C=O) groups is 4. The summed E-state index contributed by atoms with van der Waals surface area (Å²) >= 11 is 0. The van der Waals surface area contributed by atoms with E-state index >= 15 is 0 Å². The molecular formula is C40H51F3N4O9S. The number of halogens is 3. The first-order valence-corrected chi connectivity index (χ1v) is 20.7. The number of ether oxygens (including phenoxy) is 3. The number of allylic oxidation sites excluding steroid dienone is 2. The SMILES string of the molecule is [2H]C([2H])([2H])C(OC(=O)C[C@@H]1C(=O)N2C[C@H](Oc3nnc(OCC)c4ccccc34)C[C@H]2C(=O)C[C@]2(C(=O)NS(=O)(=O)C3CC3)C[C@H]2/C=C\CC[C@H](C)C[C@H]1C)(C([2H])([2H])[2H])C(F)(F)F. The molecule has 2 aliphatic heterocycles. The zero-order valence-corrected chi connectivity index (χ0v) is 32.7. The van der Waals surface area contributed by atoms with Gasteiger partial charge in [0, 0.05) is 21.1 Å². The van der Waals surface area contributed by atoms with Gasteiger partial charge in [-0.1, -0.05) is 38.1 Å². The molecule has 0 bridgehead atoms. The maximum Gasteiger partial charge on any atom is 0.427 e. The molecule has 3 fully saturated rings. The van der Waals surface area contributed by atoms with Gasteiger partial charge in [-0.05, 0) is 89.0 Å². The van der Waals surface area contributed by atoms with Crippen LogP contribution in [0.25, 0.3) is 10.8 Å². The molecule has 2 aromatic rings. The van der Waals surface area contributed by atoms with Gasteiger partial charge in [0.25, 0.3) is 0 Å². The minimum Gasteiger partial charge on any atom is -0.476 e. The second kappa shape index (κ2) is 16.2. The molecule has 3 heterocycles. The Balaban J connectivity index is 1.39. The lowest BCUT2D eigenvalue weighted by Crippen LogP contribution is -2.48. The number of nitrogens with zero attached hydrogens (tertiary/aromatic N) is 3. The Bertz CT molecular complexity index is 2200. The number of Topliss-reactive ketones (excluding diaryl/α,β-unsaturated/α-hetero) is 1. The summed E-state index contributed by atoms with van der Waals surface area (Å²) in [5, 5.41) is 8.60. The fraction of sp³-hybridized carbons (Fsp3) is 0.650. The average molecular weight is 827 g/mol. The maximum atomic E-state index is 15.0. The van der Waals surface area contributed by atoms with Crippen molar-refractivity contribution in [3.63, 3.8) is 0 Å². The third-order valence-electron chi connectivity index (χ3n) is 11.4. The summed E-state index contributed by atoms with van der Waals surface area (Å²) < 4.78 is 134. The van der Waals surface area contributed by atoms with Crippen molar-refractivity contribution in [3.8, 4) is 11.8 Å². The Labute approximate surface area is 338 Å². The van der Waals surface area contributed by atoms with Crippen molar-refractivity contribution >= 4 is 44.4 Å². The van der Waals surface area contributed by atoms with E-state index in [1.807, 2.05) is 13.0 Å². The van der Waals surface area contributed by atoms with Crippen molar-refractivity contribution in [2.45, 2.75) is 121 Å². The summed E-state index contributed by atoms with van der Waals surface area (Å²) in [5.74, 6) is -7.25. The normalized spacial score (nSPS) is 31.4. The molecule has 4 aliphatic rings. The van der Waals surface area contributed by atoms with Crippen LogP contribution in [0.3, 0.4) is 0 Å². The van der Waals surface area contributed by atoms with E-state index in [1.54, 1.807) is 44.2 Å². The number of rotatable bonds is 10. The zero-order valence-electron chi connectivity index (χ0n) is 37.8. The molecule has 2 aliphatic carbocycles. The Morgan fingerprint density at radius 1 is 1.05 bits per heavy atom. The molecule has 1 aromatic carbocycles. The Hall–Kier alpha value is -4.28. The number of amides is 2. The van der Waals surface area contributed by atoms with Crippen molar-refractivity contribution in [3.05, 3.63) is 36.4 Å². The smallest absolute Gasteiger partial charge is 0.427 e. The van der Waals surface area contributed by atoms with Gasteiger partial charge in [-0.2, -0.15) is 13.2 Å². The quantitative estimate of drug-likeness (QED) is 0.225. The van der Waals surface area contributed by atoms with Gasteiger partial charge in [0.2, 0.25) is 39.2 Å². The number of ketones is 1. The molecule has 13 nitrogen and oxygen atoms in total. The highest BCUT2D eigenvalue weighted by atomic mass is 32.2. The number of carbonyl (C=O) groups excluding carboxylic acids is 4. The monoisotopic (exact) mass is 826 g/mol. The predicted octanol–water partition coefficient (Wildman–Crippen LogP) is 5.85. The lowest BCUT2D eigenvalue weighted by Gasteiger charge is -2.33. The van der Waals surface area contributed by atoms with Crippen LogP contribution in [-0.2, 0) is 33.9 Å². The van der Waals surface area contributed by atoms with Crippen LogP contribution in [0.5, 0.6) is 11.8 Å². The molecule has 0 unspecified atom stereocenters. The molecule has 2 amide bonds. The highest BCUT2D eigenvalue weighted by Gasteiger charge is 2.62. The van der Waals surface area contributed by atoms with Crippen molar-refractivity contribution in [1.82, 2.24) is 19.8 Å². The van der Waals surface area contributed by atoms with Crippen LogP contribution >= 0.6 is 0 Å². The van der Waals surface area contributed by atoms with Gasteiger partial charge in [0.15, 0.2) is 5.78 Å². The van der Waals surface area contributed by atoms with Crippen LogP contribution in [-0.4, -0.2) is 89.4 Å². The summed E-state index contributed by atoms with van der Waals surface area (Å²) in [4.78, 5) is 58.3. The largest absolute Gasteiger partial charge is 0.476 e. The van der Waals surface area contributed by atoms with Crippen molar-refractivity contribution < 1.29 is 63.2 Å². The minimum atomic E-state index is -6.11. The molecule has 1 saturated heterocycles. The van der Waals surface area contributed by atoms with Gasteiger partial charge in [0.05, 0.1) is 53.0 Å². The highest BCUT2D eigenvalue weighted by Crippen LogP contribution is 2.57. The number of alkyl halides is 3. The molecule has 7 atom stereocenters.